The monoisotopic (exact) mass is 476 g/mol. The van der Waals surface area contributed by atoms with Crippen molar-refractivity contribution in [3.63, 3.8) is 0 Å². The van der Waals surface area contributed by atoms with Gasteiger partial charge in [0.05, 0.1) is 24.3 Å². The van der Waals surface area contributed by atoms with Crippen molar-refractivity contribution in [1.29, 1.82) is 0 Å². The number of H-pyrrole nitrogens is 1. The minimum atomic E-state index is -0.606. The second-order valence-electron chi connectivity index (χ2n) is 9.13. The van der Waals surface area contributed by atoms with Gasteiger partial charge >= 0.3 is 0 Å². The molecule has 3 aromatic rings. The molecule has 1 aliphatic heterocycles. The highest BCUT2D eigenvalue weighted by Gasteiger charge is 2.24. The van der Waals surface area contributed by atoms with Crippen LogP contribution in [0.1, 0.15) is 35.5 Å². The number of anilines is 1. The van der Waals surface area contributed by atoms with Crippen molar-refractivity contribution in [2.24, 2.45) is 0 Å². The van der Waals surface area contributed by atoms with Gasteiger partial charge in [-0.2, -0.15) is 0 Å². The van der Waals surface area contributed by atoms with E-state index in [-0.39, 0.29) is 23.2 Å². The lowest BCUT2D eigenvalue weighted by Crippen LogP contribution is -2.41. The Bertz CT molecular complexity index is 1190. The fourth-order valence-electron chi connectivity index (χ4n) is 4.01. The predicted octanol–water partition coefficient (Wildman–Crippen LogP) is 2.27. The maximum atomic E-state index is 12.6. The van der Waals surface area contributed by atoms with Gasteiger partial charge in [0.1, 0.15) is 5.82 Å². The molecule has 0 unspecified atom stereocenters. The van der Waals surface area contributed by atoms with Crippen molar-refractivity contribution < 1.29 is 14.3 Å². The van der Waals surface area contributed by atoms with Crippen LogP contribution in [0.2, 0.25) is 0 Å². The number of pyridine rings is 1. The molecule has 0 atom stereocenters. The summed E-state index contributed by atoms with van der Waals surface area (Å²) in [6.07, 6.45) is 4.58. The molecule has 1 aromatic carbocycles. The number of amides is 2. The molecule has 4 rings (SSSR count). The van der Waals surface area contributed by atoms with Crippen LogP contribution in [0.25, 0.3) is 17.0 Å². The molecular formula is C26H32N6O3. The molecule has 0 saturated carbocycles. The van der Waals surface area contributed by atoms with Gasteiger partial charge in [0.2, 0.25) is 5.91 Å². The number of aromatic amines is 1. The van der Waals surface area contributed by atoms with E-state index in [1.54, 1.807) is 12.1 Å². The zero-order valence-electron chi connectivity index (χ0n) is 20.1. The number of hydrogen-bond acceptors (Lipinski definition) is 6. The van der Waals surface area contributed by atoms with E-state index in [9.17, 15) is 9.59 Å². The molecule has 1 saturated heterocycles. The first-order chi connectivity index (χ1) is 16.8. The van der Waals surface area contributed by atoms with Crippen LogP contribution in [0.4, 0.5) is 5.82 Å². The number of nitrogens with zero attached hydrogens (tertiary/aromatic N) is 2. The number of nitrogen functional groups attached to an aromatic ring is 1. The topological polar surface area (TPSA) is 125 Å². The summed E-state index contributed by atoms with van der Waals surface area (Å²) >= 11 is 0. The summed E-state index contributed by atoms with van der Waals surface area (Å²) in [5, 5.41) is 6.99. The van der Waals surface area contributed by atoms with E-state index in [2.05, 4.69) is 25.5 Å². The van der Waals surface area contributed by atoms with Gasteiger partial charge in [0.15, 0.2) is 0 Å². The molecule has 0 aliphatic carbocycles. The number of nitrogens with one attached hydrogen (secondary N) is 3. The van der Waals surface area contributed by atoms with Crippen molar-refractivity contribution in [1.82, 2.24) is 25.5 Å². The Hall–Kier alpha value is -3.69. The Morgan fingerprint density at radius 3 is 2.77 bits per heavy atom. The van der Waals surface area contributed by atoms with Crippen LogP contribution in [-0.2, 0) is 15.1 Å². The maximum absolute atomic E-state index is 12.6. The smallest absolute Gasteiger partial charge is 0.255 e. The highest BCUT2D eigenvalue weighted by atomic mass is 16.5. The number of fused-ring (bicyclic) bond motifs is 1. The number of carbonyl (C=O) groups excluding carboxylic acids is 2. The molecule has 9 heteroatoms. The van der Waals surface area contributed by atoms with E-state index in [1.165, 1.54) is 12.3 Å². The van der Waals surface area contributed by atoms with Crippen molar-refractivity contribution >= 4 is 34.6 Å². The quantitative estimate of drug-likeness (QED) is 0.370. The molecule has 5 N–H and O–H groups in total. The Labute approximate surface area is 204 Å². The first-order valence-corrected chi connectivity index (χ1v) is 11.7. The number of nitrogens with two attached hydrogens (primary N) is 1. The SMILES string of the molecule is CC(C)(NC(=O)C=Cc1cnc(N)c(C(=O)NCCN2CCOCC2)c1)c1cc2ccccc2[nH]1. The van der Waals surface area contributed by atoms with E-state index >= 15 is 0 Å². The second-order valence-corrected chi connectivity index (χ2v) is 9.13. The summed E-state index contributed by atoms with van der Waals surface area (Å²) in [5.74, 6) is -0.402. The molecule has 184 valence electrons. The second kappa shape index (κ2) is 10.7. The third-order valence-corrected chi connectivity index (χ3v) is 6.07. The van der Waals surface area contributed by atoms with Crippen LogP contribution in [-0.4, -0.2) is 66.1 Å². The van der Waals surface area contributed by atoms with Crippen molar-refractivity contribution in [3.8, 4) is 0 Å². The van der Waals surface area contributed by atoms with Gasteiger partial charge < -0.3 is 26.1 Å². The zero-order chi connectivity index (χ0) is 24.8. The van der Waals surface area contributed by atoms with E-state index in [0.29, 0.717) is 25.3 Å². The van der Waals surface area contributed by atoms with Crippen LogP contribution >= 0.6 is 0 Å². The number of benzene rings is 1. The number of aromatic nitrogens is 2. The van der Waals surface area contributed by atoms with Crippen molar-refractivity contribution in [2.45, 2.75) is 19.4 Å². The average molecular weight is 477 g/mol. The number of morpholine rings is 1. The molecule has 9 nitrogen and oxygen atoms in total. The molecule has 3 heterocycles. The molecule has 2 aromatic heterocycles. The first kappa shape index (κ1) is 24.4. The average Bonchev–Trinajstić information content (AvgIpc) is 3.29. The fraction of sp³-hybridized carbons (Fsp3) is 0.346. The minimum Gasteiger partial charge on any atom is -0.383 e. The molecular weight excluding hydrogens is 444 g/mol. The van der Waals surface area contributed by atoms with E-state index < -0.39 is 5.54 Å². The number of ether oxygens (including phenoxy) is 1. The third-order valence-electron chi connectivity index (χ3n) is 6.07. The Kier molecular flexibility index (Phi) is 7.48. The molecule has 0 spiro atoms. The van der Waals surface area contributed by atoms with Gasteiger partial charge in [0, 0.05) is 49.7 Å². The number of hydrogen-bond donors (Lipinski definition) is 4. The largest absolute Gasteiger partial charge is 0.383 e. The van der Waals surface area contributed by atoms with E-state index in [0.717, 1.165) is 36.2 Å². The van der Waals surface area contributed by atoms with Gasteiger partial charge in [-0.15, -0.1) is 0 Å². The third kappa shape index (κ3) is 6.26. The normalized spacial score (nSPS) is 14.9. The summed E-state index contributed by atoms with van der Waals surface area (Å²) in [7, 11) is 0. The Morgan fingerprint density at radius 1 is 1.23 bits per heavy atom. The lowest BCUT2D eigenvalue weighted by atomic mass is 10.0. The van der Waals surface area contributed by atoms with Crippen LogP contribution < -0.4 is 16.4 Å². The highest BCUT2D eigenvalue weighted by Crippen LogP contribution is 2.24. The summed E-state index contributed by atoms with van der Waals surface area (Å²) in [6.45, 7) is 8.27. The Morgan fingerprint density at radius 2 is 2.00 bits per heavy atom. The summed E-state index contributed by atoms with van der Waals surface area (Å²) < 4.78 is 5.34. The Balaban J connectivity index is 1.36. The molecule has 0 bridgehead atoms. The lowest BCUT2D eigenvalue weighted by molar-refractivity contribution is -0.118. The lowest BCUT2D eigenvalue weighted by Gasteiger charge is -2.26. The van der Waals surface area contributed by atoms with Crippen LogP contribution in [0.15, 0.2) is 48.7 Å². The van der Waals surface area contributed by atoms with Crippen molar-refractivity contribution in [2.75, 3.05) is 45.1 Å². The minimum absolute atomic E-state index is 0.149. The van der Waals surface area contributed by atoms with Crippen LogP contribution in [0.5, 0.6) is 0 Å². The van der Waals surface area contributed by atoms with Gasteiger partial charge in [-0.3, -0.25) is 14.5 Å². The summed E-state index contributed by atoms with van der Waals surface area (Å²) in [4.78, 5) is 35.0. The molecule has 1 aliphatic rings. The van der Waals surface area contributed by atoms with Gasteiger partial charge in [-0.1, -0.05) is 18.2 Å². The highest BCUT2D eigenvalue weighted by molar-refractivity contribution is 5.99. The zero-order valence-corrected chi connectivity index (χ0v) is 20.1. The number of rotatable bonds is 8. The molecule has 0 radical (unpaired) electrons. The maximum Gasteiger partial charge on any atom is 0.255 e. The van der Waals surface area contributed by atoms with Crippen molar-refractivity contribution in [3.05, 3.63) is 65.5 Å². The van der Waals surface area contributed by atoms with E-state index in [1.807, 2.05) is 44.2 Å². The van der Waals surface area contributed by atoms with Gasteiger partial charge in [-0.25, -0.2) is 4.98 Å². The molecule has 35 heavy (non-hydrogen) atoms. The number of para-hydroxylation sites is 1. The van der Waals surface area contributed by atoms with Crippen LogP contribution in [0.3, 0.4) is 0 Å². The number of carbonyl (C=O) groups is 2. The fourth-order valence-corrected chi connectivity index (χ4v) is 4.01. The molecule has 2 amide bonds. The standard InChI is InChI=1S/C26H32N6O3/c1-26(2,22-16-19-5-3-4-6-21(19)30-22)31-23(33)8-7-18-15-20(24(27)29-17-18)25(34)28-9-10-32-11-13-35-14-12-32/h3-8,15-17,30H,9-14H2,1-2H3,(H2,27,29)(H,28,34)(H,31,33). The summed E-state index contributed by atoms with van der Waals surface area (Å²) in [6, 6.07) is 11.6. The van der Waals surface area contributed by atoms with Gasteiger partial charge in [0.25, 0.3) is 5.91 Å². The molecule has 1 fully saturated rings. The summed E-state index contributed by atoms with van der Waals surface area (Å²) in [5.41, 5.74) is 8.15. The predicted molar refractivity (Wildman–Crippen MR) is 137 cm³/mol. The van der Waals surface area contributed by atoms with E-state index in [4.69, 9.17) is 10.5 Å². The van der Waals surface area contributed by atoms with Gasteiger partial charge in [-0.05, 0) is 49.1 Å². The first-order valence-electron chi connectivity index (χ1n) is 11.7. The van der Waals surface area contributed by atoms with Crippen LogP contribution in [0, 0.1) is 0 Å².